The molecule has 0 amide bonds. The Morgan fingerprint density at radius 3 is 2.53 bits per heavy atom. The molecule has 1 N–H and O–H groups in total. The summed E-state index contributed by atoms with van der Waals surface area (Å²) in [5.74, 6) is 0. The Labute approximate surface area is 94.1 Å². The van der Waals surface area contributed by atoms with Gasteiger partial charge in [0, 0.05) is 7.11 Å². The fourth-order valence-electron chi connectivity index (χ4n) is 1.29. The van der Waals surface area contributed by atoms with E-state index in [1.165, 1.54) is 17.7 Å². The van der Waals surface area contributed by atoms with Crippen molar-refractivity contribution in [3.05, 3.63) is 29.8 Å². The zero-order chi connectivity index (χ0) is 11.1. The normalized spacial score (nSPS) is 14.9. The van der Waals surface area contributed by atoms with E-state index in [0.717, 1.165) is 13.2 Å². The van der Waals surface area contributed by atoms with E-state index in [4.69, 9.17) is 4.74 Å². The maximum absolute atomic E-state index is 5.07. The van der Waals surface area contributed by atoms with Gasteiger partial charge in [0.15, 0.2) is 0 Å². The molecular weight excluding hydrogens is 186 g/mol. The second-order valence-electron chi connectivity index (χ2n) is 3.96. The van der Waals surface area contributed by atoms with Gasteiger partial charge in [-0.15, -0.1) is 0 Å². The highest BCUT2D eigenvalue weighted by Gasteiger charge is 2.17. The minimum absolute atomic E-state index is 0. The van der Waals surface area contributed by atoms with Gasteiger partial charge < -0.3 is 10.1 Å². The van der Waals surface area contributed by atoms with Gasteiger partial charge in [-0.25, -0.2) is 0 Å². The molecule has 1 heterocycles. The number of anilines is 1. The smallest absolute Gasteiger partial charge is 0.0728 e. The summed E-state index contributed by atoms with van der Waals surface area (Å²) in [6, 6.07) is 8.93. The molecule has 0 unspecified atom stereocenters. The van der Waals surface area contributed by atoms with E-state index in [1.54, 1.807) is 0 Å². The van der Waals surface area contributed by atoms with Gasteiger partial charge in [-0.1, -0.05) is 32.4 Å². The Hall–Kier alpha value is -1.02. The highest BCUT2D eigenvalue weighted by molar-refractivity contribution is 5.46. The van der Waals surface area contributed by atoms with E-state index in [1.807, 2.05) is 0 Å². The number of aryl methyl sites for hydroxylation is 1. The van der Waals surface area contributed by atoms with Crippen molar-refractivity contribution in [2.45, 2.75) is 33.2 Å². The lowest BCUT2D eigenvalue weighted by Gasteiger charge is -2.27. The van der Waals surface area contributed by atoms with Crippen LogP contribution in [0.1, 0.15) is 27.3 Å². The van der Waals surface area contributed by atoms with E-state index in [9.17, 15) is 0 Å². The van der Waals surface area contributed by atoms with Gasteiger partial charge in [0.2, 0.25) is 0 Å². The summed E-state index contributed by atoms with van der Waals surface area (Å²) < 4.78 is 5.07. The summed E-state index contributed by atoms with van der Waals surface area (Å²) >= 11 is 0. The Bertz CT molecular complexity index is 287. The van der Waals surface area contributed by atoms with Crippen LogP contribution in [0.25, 0.3) is 0 Å². The summed E-state index contributed by atoms with van der Waals surface area (Å²) in [6.45, 7) is 8.03. The van der Waals surface area contributed by atoms with Crippen LogP contribution in [-0.2, 0) is 4.74 Å². The summed E-state index contributed by atoms with van der Waals surface area (Å²) in [7, 11) is 0. The zero-order valence-corrected chi connectivity index (χ0v) is 9.92. The highest BCUT2D eigenvalue weighted by atomic mass is 16.5. The number of hydrogen-bond donors (Lipinski definition) is 1. The van der Waals surface area contributed by atoms with Crippen LogP contribution in [0.5, 0.6) is 0 Å². The molecule has 2 heteroatoms. The van der Waals surface area contributed by atoms with E-state index < -0.39 is 0 Å². The fraction of sp³-hybridized carbons (Fsp3) is 0.538. The van der Waals surface area contributed by atoms with Gasteiger partial charge in [-0.05, 0) is 24.6 Å². The topological polar surface area (TPSA) is 21.3 Å². The van der Waals surface area contributed by atoms with E-state index in [2.05, 4.69) is 50.4 Å². The van der Waals surface area contributed by atoms with Crippen molar-refractivity contribution >= 4 is 5.69 Å². The van der Waals surface area contributed by atoms with Crippen LogP contribution in [-0.4, -0.2) is 19.3 Å². The van der Waals surface area contributed by atoms with Crippen molar-refractivity contribution in [3.8, 4) is 0 Å². The molecule has 1 aromatic rings. The van der Waals surface area contributed by atoms with Crippen molar-refractivity contribution in [2.24, 2.45) is 0 Å². The monoisotopic (exact) mass is 209 g/mol. The number of nitrogens with one attached hydrogen (secondary N) is 1. The van der Waals surface area contributed by atoms with Gasteiger partial charge in [0.25, 0.3) is 0 Å². The highest BCUT2D eigenvalue weighted by Crippen LogP contribution is 2.13. The first-order chi connectivity index (χ1) is 7.26. The first-order valence-electron chi connectivity index (χ1n) is 5.67. The van der Waals surface area contributed by atoms with Crippen molar-refractivity contribution in [1.82, 2.24) is 0 Å². The molecule has 86 valence electrons. The molecule has 0 aliphatic carbocycles. The Morgan fingerprint density at radius 2 is 2.07 bits per heavy atom. The van der Waals surface area contributed by atoms with Crippen LogP contribution in [0.3, 0.4) is 0 Å². The van der Waals surface area contributed by atoms with Crippen LogP contribution >= 0.6 is 0 Å². The number of hydrogen-bond acceptors (Lipinski definition) is 2. The van der Waals surface area contributed by atoms with Crippen LogP contribution < -0.4 is 5.32 Å². The maximum Gasteiger partial charge on any atom is 0.0728 e. The minimum atomic E-state index is 0. The number of benzene rings is 1. The molecule has 0 bridgehead atoms. The molecule has 2 rings (SSSR count). The molecule has 0 spiro atoms. The quantitative estimate of drug-likeness (QED) is 0.805. The van der Waals surface area contributed by atoms with Crippen molar-refractivity contribution in [2.75, 3.05) is 18.5 Å². The summed E-state index contributed by atoms with van der Waals surface area (Å²) in [5, 5.41) is 3.39. The maximum atomic E-state index is 5.07. The predicted octanol–water partition coefficient (Wildman–Crippen LogP) is 3.47. The first kappa shape index (κ1) is 12.1. The van der Waals surface area contributed by atoms with E-state index in [-0.39, 0.29) is 1.43 Å². The van der Waals surface area contributed by atoms with Gasteiger partial charge in [-0.3, -0.25) is 0 Å². The zero-order valence-electron chi connectivity index (χ0n) is 9.92. The van der Waals surface area contributed by atoms with Crippen LogP contribution in [0.15, 0.2) is 24.3 Å². The second-order valence-corrected chi connectivity index (χ2v) is 3.96. The van der Waals surface area contributed by atoms with Crippen LogP contribution in [0.4, 0.5) is 5.69 Å². The second kappa shape index (κ2) is 6.46. The fourth-order valence-corrected chi connectivity index (χ4v) is 1.29. The third-order valence-electron chi connectivity index (χ3n) is 2.03. The molecule has 15 heavy (non-hydrogen) atoms. The number of rotatable bonds is 2. The molecule has 1 aromatic carbocycles. The summed E-state index contributed by atoms with van der Waals surface area (Å²) in [6.07, 6.45) is 1.25. The molecule has 0 aromatic heterocycles. The molecule has 0 saturated carbocycles. The molecule has 1 saturated heterocycles. The van der Waals surface area contributed by atoms with Crippen molar-refractivity contribution in [1.29, 1.82) is 0 Å². The Kier molecular flexibility index (Phi) is 5.19. The van der Waals surface area contributed by atoms with Gasteiger partial charge in [-0.2, -0.15) is 0 Å². The largest absolute Gasteiger partial charge is 0.378 e. The Balaban J connectivity index is 0.000000511. The first-order valence-corrected chi connectivity index (χ1v) is 5.67. The van der Waals surface area contributed by atoms with Gasteiger partial charge in [0.05, 0.1) is 19.3 Å². The van der Waals surface area contributed by atoms with E-state index in [0.29, 0.717) is 6.04 Å². The average Bonchev–Trinajstić information content (AvgIpc) is 2.13. The molecule has 1 fully saturated rings. The third-order valence-corrected chi connectivity index (χ3v) is 2.03. The molecule has 1 aliphatic rings. The van der Waals surface area contributed by atoms with E-state index >= 15 is 0 Å². The standard InChI is InChI=1S/C10H13NO.C3H8.H2/c1-8-3-2-4-9(5-8)11-10-6-12-7-10;1-3-2;/h2-5,10-11H,6-7H2,1H3;3H2,1-2H3;1H. The van der Waals surface area contributed by atoms with Crippen molar-refractivity contribution in [3.63, 3.8) is 0 Å². The summed E-state index contributed by atoms with van der Waals surface area (Å²) in [5.41, 5.74) is 2.49. The lowest BCUT2D eigenvalue weighted by Crippen LogP contribution is -2.40. The molecule has 0 radical (unpaired) electrons. The van der Waals surface area contributed by atoms with Gasteiger partial charge >= 0.3 is 0 Å². The van der Waals surface area contributed by atoms with Crippen LogP contribution in [0, 0.1) is 6.92 Å². The lowest BCUT2D eigenvalue weighted by molar-refractivity contribution is 0.0211. The lowest BCUT2D eigenvalue weighted by atomic mass is 10.2. The molecule has 2 nitrogen and oxygen atoms in total. The third kappa shape index (κ3) is 4.34. The SMILES string of the molecule is CCC.Cc1cccc(NC2COC2)c1.[HH]. The molecular formula is C13H23NO. The predicted molar refractivity (Wildman–Crippen MR) is 67.5 cm³/mol. The Morgan fingerprint density at radius 1 is 1.40 bits per heavy atom. The van der Waals surface area contributed by atoms with Gasteiger partial charge in [0.1, 0.15) is 0 Å². The molecule has 1 aliphatic heterocycles. The van der Waals surface area contributed by atoms with Crippen molar-refractivity contribution < 1.29 is 6.16 Å². The number of ether oxygens (including phenoxy) is 1. The minimum Gasteiger partial charge on any atom is -0.378 e. The summed E-state index contributed by atoms with van der Waals surface area (Å²) in [4.78, 5) is 0. The van der Waals surface area contributed by atoms with Crippen LogP contribution in [0.2, 0.25) is 0 Å². The molecule has 0 atom stereocenters. The average molecular weight is 209 g/mol.